The van der Waals surface area contributed by atoms with E-state index in [1.54, 1.807) is 30.3 Å². The maximum absolute atomic E-state index is 13.1. The molecule has 0 unspecified atom stereocenters. The van der Waals surface area contributed by atoms with Gasteiger partial charge in [-0.05, 0) is 59.8 Å². The predicted molar refractivity (Wildman–Crippen MR) is 97.8 cm³/mol. The average molecular weight is 376 g/mol. The van der Waals surface area contributed by atoms with Crippen molar-refractivity contribution in [2.75, 3.05) is 0 Å². The number of amides is 1. The van der Waals surface area contributed by atoms with Crippen LogP contribution in [0.4, 0.5) is 4.39 Å². The van der Waals surface area contributed by atoms with Crippen LogP contribution in [0.5, 0.6) is 11.5 Å². The number of halogens is 1. The van der Waals surface area contributed by atoms with Gasteiger partial charge in [-0.1, -0.05) is 6.07 Å². The second-order valence-electron chi connectivity index (χ2n) is 5.77. The number of nitrogens with one attached hydrogen (secondary N) is 1. The molecule has 2 aromatic heterocycles. The van der Waals surface area contributed by atoms with Gasteiger partial charge >= 0.3 is 0 Å². The Morgan fingerprint density at radius 2 is 1.89 bits per heavy atom. The second kappa shape index (κ2) is 7.23. The molecule has 4 aromatic rings. The van der Waals surface area contributed by atoms with Crippen molar-refractivity contribution in [2.24, 2.45) is 5.73 Å². The standard InChI is InChI=1S/C19H13FN6O2/c20-12-5-7-13(8-6-12)28-17-9-4-11(10-14(17)19-23-25-26-24-19)15-2-1-3-16(22-15)18(21)27/h1-10H,(H2,21,27)(H,23,24,25,26). The zero-order valence-corrected chi connectivity index (χ0v) is 14.3. The SMILES string of the molecule is NC(=O)c1cccc(-c2ccc(Oc3ccc(F)cc3)c(-c3nn[nH]n3)c2)n1. The topological polar surface area (TPSA) is 120 Å². The first-order valence-corrected chi connectivity index (χ1v) is 8.19. The van der Waals surface area contributed by atoms with Crippen molar-refractivity contribution < 1.29 is 13.9 Å². The normalized spacial score (nSPS) is 10.6. The molecule has 1 amide bonds. The maximum atomic E-state index is 13.1. The lowest BCUT2D eigenvalue weighted by molar-refractivity contribution is 0.0995. The summed E-state index contributed by atoms with van der Waals surface area (Å²) in [5.74, 6) is 0.235. The summed E-state index contributed by atoms with van der Waals surface area (Å²) in [5, 5.41) is 14.0. The van der Waals surface area contributed by atoms with Crippen molar-refractivity contribution in [2.45, 2.75) is 0 Å². The van der Waals surface area contributed by atoms with Crippen molar-refractivity contribution in [1.29, 1.82) is 0 Å². The molecule has 0 aliphatic rings. The fourth-order valence-corrected chi connectivity index (χ4v) is 2.59. The number of rotatable bonds is 5. The van der Waals surface area contributed by atoms with Crippen LogP contribution in [0.1, 0.15) is 10.5 Å². The van der Waals surface area contributed by atoms with E-state index in [-0.39, 0.29) is 11.5 Å². The number of hydrogen-bond donors (Lipinski definition) is 2. The summed E-state index contributed by atoms with van der Waals surface area (Å²) in [5.41, 5.74) is 7.26. The van der Waals surface area contributed by atoms with Gasteiger partial charge in [0.1, 0.15) is 23.0 Å². The van der Waals surface area contributed by atoms with E-state index < -0.39 is 5.91 Å². The molecule has 2 heterocycles. The number of pyridine rings is 1. The van der Waals surface area contributed by atoms with E-state index in [2.05, 4.69) is 25.6 Å². The Labute approximate surface area is 158 Å². The molecule has 0 atom stereocenters. The zero-order chi connectivity index (χ0) is 19.5. The molecule has 0 aliphatic carbocycles. The summed E-state index contributed by atoms with van der Waals surface area (Å²) >= 11 is 0. The van der Waals surface area contributed by atoms with Gasteiger partial charge in [-0.2, -0.15) is 5.21 Å². The summed E-state index contributed by atoms with van der Waals surface area (Å²) in [4.78, 5) is 15.7. The van der Waals surface area contributed by atoms with E-state index in [0.717, 1.165) is 0 Å². The van der Waals surface area contributed by atoms with Crippen LogP contribution in [0, 0.1) is 5.82 Å². The number of carbonyl (C=O) groups is 1. The Morgan fingerprint density at radius 1 is 1.07 bits per heavy atom. The lowest BCUT2D eigenvalue weighted by atomic mass is 10.1. The van der Waals surface area contributed by atoms with Crippen LogP contribution >= 0.6 is 0 Å². The summed E-state index contributed by atoms with van der Waals surface area (Å²) in [6.45, 7) is 0. The minimum atomic E-state index is -0.614. The Hall–Kier alpha value is -4.14. The minimum Gasteiger partial charge on any atom is -0.457 e. The number of hydrogen-bond acceptors (Lipinski definition) is 6. The highest BCUT2D eigenvalue weighted by Crippen LogP contribution is 2.34. The van der Waals surface area contributed by atoms with Crippen molar-refractivity contribution >= 4 is 5.91 Å². The molecule has 0 spiro atoms. The smallest absolute Gasteiger partial charge is 0.267 e. The summed E-state index contributed by atoms with van der Waals surface area (Å²) in [6, 6.07) is 15.9. The average Bonchev–Trinajstić information content (AvgIpc) is 3.25. The van der Waals surface area contributed by atoms with Crippen LogP contribution in [0.3, 0.4) is 0 Å². The number of primary amides is 1. The molecule has 0 fully saturated rings. The zero-order valence-electron chi connectivity index (χ0n) is 14.3. The fourth-order valence-electron chi connectivity index (χ4n) is 2.59. The van der Waals surface area contributed by atoms with Crippen LogP contribution in [0.25, 0.3) is 22.6 Å². The van der Waals surface area contributed by atoms with Crippen LogP contribution < -0.4 is 10.5 Å². The van der Waals surface area contributed by atoms with Crippen molar-refractivity contribution in [3.63, 3.8) is 0 Å². The molecule has 0 saturated heterocycles. The monoisotopic (exact) mass is 376 g/mol. The number of aromatic nitrogens is 5. The Balaban J connectivity index is 1.77. The van der Waals surface area contributed by atoms with Gasteiger partial charge < -0.3 is 10.5 Å². The van der Waals surface area contributed by atoms with Gasteiger partial charge in [0.25, 0.3) is 5.91 Å². The molecule has 28 heavy (non-hydrogen) atoms. The Bertz CT molecular complexity index is 1130. The largest absolute Gasteiger partial charge is 0.457 e. The second-order valence-corrected chi connectivity index (χ2v) is 5.77. The number of aromatic amines is 1. The third kappa shape index (κ3) is 3.54. The molecule has 2 aromatic carbocycles. The Kier molecular flexibility index (Phi) is 4.47. The first-order valence-electron chi connectivity index (χ1n) is 8.19. The van der Waals surface area contributed by atoms with Crippen LogP contribution in [-0.4, -0.2) is 31.5 Å². The predicted octanol–water partition coefficient (Wildman–Crippen LogP) is 2.96. The van der Waals surface area contributed by atoms with E-state index >= 15 is 0 Å². The molecule has 0 radical (unpaired) electrons. The molecule has 8 nitrogen and oxygen atoms in total. The highest BCUT2D eigenvalue weighted by Gasteiger charge is 2.15. The fraction of sp³-hybridized carbons (Fsp3) is 0. The van der Waals surface area contributed by atoms with Crippen molar-refractivity contribution in [3.8, 4) is 34.1 Å². The summed E-state index contributed by atoms with van der Waals surface area (Å²) in [7, 11) is 0. The number of tetrazole rings is 1. The third-order valence-electron chi connectivity index (χ3n) is 3.90. The van der Waals surface area contributed by atoms with E-state index in [1.807, 2.05) is 0 Å². The minimum absolute atomic E-state index is 0.158. The number of carbonyl (C=O) groups excluding carboxylic acids is 1. The van der Waals surface area contributed by atoms with E-state index in [0.29, 0.717) is 34.1 Å². The molecular weight excluding hydrogens is 363 g/mol. The lowest BCUT2D eigenvalue weighted by Gasteiger charge is -2.11. The molecular formula is C19H13FN6O2. The number of benzene rings is 2. The lowest BCUT2D eigenvalue weighted by Crippen LogP contribution is -2.13. The third-order valence-corrected chi connectivity index (χ3v) is 3.90. The Morgan fingerprint density at radius 3 is 2.61 bits per heavy atom. The summed E-state index contributed by atoms with van der Waals surface area (Å²) in [6.07, 6.45) is 0. The van der Waals surface area contributed by atoms with Crippen molar-refractivity contribution in [3.05, 3.63) is 72.2 Å². The molecule has 0 saturated carbocycles. The van der Waals surface area contributed by atoms with Crippen LogP contribution in [0.15, 0.2) is 60.7 Å². The molecule has 3 N–H and O–H groups in total. The molecule has 138 valence electrons. The quantitative estimate of drug-likeness (QED) is 0.553. The number of ether oxygens (including phenoxy) is 1. The van der Waals surface area contributed by atoms with Crippen LogP contribution in [-0.2, 0) is 0 Å². The number of nitrogens with zero attached hydrogens (tertiary/aromatic N) is 4. The van der Waals surface area contributed by atoms with Gasteiger partial charge in [0.05, 0.1) is 11.3 Å². The van der Waals surface area contributed by atoms with Gasteiger partial charge in [-0.25, -0.2) is 9.37 Å². The van der Waals surface area contributed by atoms with Gasteiger partial charge in [0.15, 0.2) is 0 Å². The maximum Gasteiger partial charge on any atom is 0.267 e. The summed E-state index contributed by atoms with van der Waals surface area (Å²) < 4.78 is 19.0. The molecule has 9 heteroatoms. The molecule has 0 aliphatic heterocycles. The van der Waals surface area contributed by atoms with E-state index in [4.69, 9.17) is 10.5 Å². The first-order chi connectivity index (χ1) is 13.6. The van der Waals surface area contributed by atoms with Crippen LogP contribution in [0.2, 0.25) is 0 Å². The number of H-pyrrole nitrogens is 1. The first kappa shape index (κ1) is 17.3. The molecule has 4 rings (SSSR count). The van der Waals surface area contributed by atoms with Gasteiger partial charge in [-0.3, -0.25) is 4.79 Å². The highest BCUT2D eigenvalue weighted by atomic mass is 19.1. The van der Waals surface area contributed by atoms with Crippen molar-refractivity contribution in [1.82, 2.24) is 25.6 Å². The van der Waals surface area contributed by atoms with E-state index in [1.165, 1.54) is 30.3 Å². The highest BCUT2D eigenvalue weighted by molar-refractivity contribution is 5.91. The van der Waals surface area contributed by atoms with Gasteiger partial charge in [0.2, 0.25) is 5.82 Å². The number of nitrogens with two attached hydrogens (primary N) is 1. The van der Waals surface area contributed by atoms with Gasteiger partial charge in [-0.15, -0.1) is 10.2 Å². The van der Waals surface area contributed by atoms with E-state index in [9.17, 15) is 9.18 Å². The van der Waals surface area contributed by atoms with Gasteiger partial charge in [0, 0.05) is 5.56 Å². The molecule has 0 bridgehead atoms.